The molecule has 0 unspecified atom stereocenters. The number of amides is 1. The van der Waals surface area contributed by atoms with Crippen molar-refractivity contribution >= 4 is 11.6 Å². The number of pyridine rings is 1. The Hall–Kier alpha value is -3.56. The van der Waals surface area contributed by atoms with Gasteiger partial charge in [0.15, 0.2) is 11.4 Å². The lowest BCUT2D eigenvalue weighted by Crippen LogP contribution is -2.19. The highest BCUT2D eigenvalue weighted by Crippen LogP contribution is 2.30. The molecule has 1 amide bonds. The van der Waals surface area contributed by atoms with Crippen LogP contribution in [0.1, 0.15) is 16.1 Å². The SMILES string of the molecule is COc1cn(-c2cccc(C(F)(F)F)c2)nc1C(=O)Nc1c[nH]ccc1=O. The van der Waals surface area contributed by atoms with Gasteiger partial charge in [0, 0.05) is 18.5 Å². The van der Waals surface area contributed by atoms with Crippen LogP contribution in [0.15, 0.2) is 53.7 Å². The van der Waals surface area contributed by atoms with Crippen molar-refractivity contribution in [3.8, 4) is 11.4 Å². The summed E-state index contributed by atoms with van der Waals surface area (Å²) >= 11 is 0. The van der Waals surface area contributed by atoms with Crippen molar-refractivity contribution in [3.63, 3.8) is 0 Å². The Labute approximate surface area is 150 Å². The molecule has 2 aromatic heterocycles. The number of alkyl halides is 3. The number of H-pyrrole nitrogens is 1. The Morgan fingerprint density at radius 1 is 1.30 bits per heavy atom. The average molecular weight is 378 g/mol. The molecule has 0 radical (unpaired) electrons. The molecule has 0 aliphatic carbocycles. The molecule has 0 aliphatic rings. The highest BCUT2D eigenvalue weighted by Gasteiger charge is 2.30. The van der Waals surface area contributed by atoms with Crippen LogP contribution in [0.4, 0.5) is 18.9 Å². The van der Waals surface area contributed by atoms with Gasteiger partial charge in [0.2, 0.25) is 5.43 Å². The Morgan fingerprint density at radius 3 is 2.74 bits per heavy atom. The number of rotatable bonds is 4. The van der Waals surface area contributed by atoms with Gasteiger partial charge in [0.25, 0.3) is 5.91 Å². The van der Waals surface area contributed by atoms with Gasteiger partial charge in [0.05, 0.1) is 24.6 Å². The number of benzene rings is 1. The van der Waals surface area contributed by atoms with E-state index in [1.165, 1.54) is 43.9 Å². The first-order valence-corrected chi connectivity index (χ1v) is 7.59. The van der Waals surface area contributed by atoms with Crippen molar-refractivity contribution < 1.29 is 22.7 Å². The zero-order valence-electron chi connectivity index (χ0n) is 13.9. The van der Waals surface area contributed by atoms with Gasteiger partial charge >= 0.3 is 6.18 Å². The maximum absolute atomic E-state index is 12.9. The average Bonchev–Trinajstić information content (AvgIpc) is 3.08. The molecule has 0 saturated carbocycles. The van der Waals surface area contributed by atoms with Crippen LogP contribution in [0.5, 0.6) is 5.75 Å². The maximum atomic E-state index is 12.9. The van der Waals surface area contributed by atoms with E-state index < -0.39 is 23.1 Å². The number of carbonyl (C=O) groups is 1. The summed E-state index contributed by atoms with van der Waals surface area (Å²) in [6, 6.07) is 5.70. The first-order chi connectivity index (χ1) is 12.8. The number of halogens is 3. The molecule has 2 N–H and O–H groups in total. The number of nitrogens with one attached hydrogen (secondary N) is 2. The smallest absolute Gasteiger partial charge is 0.416 e. The minimum absolute atomic E-state index is 0.00169. The van der Waals surface area contributed by atoms with Crippen LogP contribution in [-0.2, 0) is 6.18 Å². The van der Waals surface area contributed by atoms with E-state index in [-0.39, 0.29) is 22.8 Å². The molecule has 0 aliphatic heterocycles. The van der Waals surface area contributed by atoms with E-state index in [0.717, 1.165) is 16.8 Å². The standard InChI is InChI=1S/C17H13F3N4O3/c1-27-14-9-24(11-4-2-3-10(7-11)17(18,19)20)23-15(14)16(26)22-12-8-21-6-5-13(12)25/h2-9H,1H3,(H,21,25)(H,22,26). The number of aromatic amines is 1. The molecule has 0 bridgehead atoms. The number of carbonyl (C=O) groups excluding carboxylic acids is 1. The number of nitrogens with zero attached hydrogens (tertiary/aromatic N) is 2. The summed E-state index contributed by atoms with van der Waals surface area (Å²) in [6.07, 6.45) is -0.529. The molecule has 3 aromatic rings. The van der Waals surface area contributed by atoms with Crippen LogP contribution in [0.25, 0.3) is 5.69 Å². The Bertz CT molecular complexity index is 1040. The van der Waals surface area contributed by atoms with Crippen LogP contribution in [0.2, 0.25) is 0 Å². The van der Waals surface area contributed by atoms with E-state index in [1.54, 1.807) is 0 Å². The second kappa shape index (κ2) is 6.98. The van der Waals surface area contributed by atoms with Crippen LogP contribution >= 0.6 is 0 Å². The number of ether oxygens (including phenoxy) is 1. The molecule has 0 saturated heterocycles. The Balaban J connectivity index is 1.95. The summed E-state index contributed by atoms with van der Waals surface area (Å²) in [5.74, 6) is -0.702. The fraction of sp³-hybridized carbons (Fsp3) is 0.118. The molecule has 2 heterocycles. The van der Waals surface area contributed by atoms with Crippen molar-refractivity contribution in [2.45, 2.75) is 6.18 Å². The van der Waals surface area contributed by atoms with E-state index in [9.17, 15) is 22.8 Å². The van der Waals surface area contributed by atoms with Gasteiger partial charge in [-0.05, 0) is 18.2 Å². The van der Waals surface area contributed by atoms with Crippen LogP contribution in [0.3, 0.4) is 0 Å². The van der Waals surface area contributed by atoms with Gasteiger partial charge in [-0.1, -0.05) is 6.07 Å². The lowest BCUT2D eigenvalue weighted by atomic mass is 10.2. The number of methoxy groups -OCH3 is 1. The second-order valence-corrected chi connectivity index (χ2v) is 5.42. The quantitative estimate of drug-likeness (QED) is 0.731. The largest absolute Gasteiger partial charge is 0.493 e. The topological polar surface area (TPSA) is 89.0 Å². The number of aromatic nitrogens is 3. The van der Waals surface area contributed by atoms with Crippen LogP contribution in [0, 0.1) is 0 Å². The third-order valence-electron chi connectivity index (χ3n) is 3.63. The summed E-state index contributed by atoms with van der Waals surface area (Å²) in [5.41, 5.74) is -1.36. The fourth-order valence-corrected chi connectivity index (χ4v) is 2.32. The third kappa shape index (κ3) is 3.84. The minimum atomic E-state index is -4.51. The molecule has 3 rings (SSSR count). The number of hydrogen-bond donors (Lipinski definition) is 2. The van der Waals surface area contributed by atoms with Gasteiger partial charge in [-0.15, -0.1) is 0 Å². The summed E-state index contributed by atoms with van der Waals surface area (Å²) in [4.78, 5) is 26.8. The van der Waals surface area contributed by atoms with Gasteiger partial charge in [-0.25, -0.2) is 4.68 Å². The number of anilines is 1. The summed E-state index contributed by atoms with van der Waals surface area (Å²) < 4.78 is 44.9. The molecular formula is C17H13F3N4O3. The van der Waals surface area contributed by atoms with Crippen molar-refractivity contribution in [1.82, 2.24) is 14.8 Å². The summed E-state index contributed by atoms with van der Waals surface area (Å²) in [7, 11) is 1.29. The van der Waals surface area contributed by atoms with Crippen LogP contribution in [-0.4, -0.2) is 27.8 Å². The van der Waals surface area contributed by atoms with Crippen molar-refractivity contribution in [2.24, 2.45) is 0 Å². The molecule has 1 aromatic carbocycles. The summed E-state index contributed by atoms with van der Waals surface area (Å²) in [5, 5.41) is 6.38. The molecule has 7 nitrogen and oxygen atoms in total. The predicted molar refractivity (Wildman–Crippen MR) is 90.1 cm³/mol. The van der Waals surface area contributed by atoms with Crippen LogP contribution < -0.4 is 15.5 Å². The molecule has 27 heavy (non-hydrogen) atoms. The molecule has 0 fully saturated rings. The van der Waals surface area contributed by atoms with Gasteiger partial charge < -0.3 is 15.0 Å². The molecule has 10 heteroatoms. The first-order valence-electron chi connectivity index (χ1n) is 7.59. The van der Waals surface area contributed by atoms with E-state index in [0.29, 0.717) is 0 Å². The second-order valence-electron chi connectivity index (χ2n) is 5.42. The monoisotopic (exact) mass is 378 g/mol. The van der Waals surface area contributed by atoms with Gasteiger partial charge in [0.1, 0.15) is 5.69 Å². The minimum Gasteiger partial charge on any atom is -0.493 e. The molecule has 140 valence electrons. The molecule has 0 atom stereocenters. The van der Waals surface area contributed by atoms with E-state index in [2.05, 4.69) is 15.4 Å². The van der Waals surface area contributed by atoms with E-state index in [1.807, 2.05) is 0 Å². The maximum Gasteiger partial charge on any atom is 0.416 e. The predicted octanol–water partition coefficient (Wildman–Crippen LogP) is 2.84. The van der Waals surface area contributed by atoms with E-state index >= 15 is 0 Å². The lowest BCUT2D eigenvalue weighted by Gasteiger charge is -2.08. The molecular weight excluding hydrogens is 365 g/mol. The lowest BCUT2D eigenvalue weighted by molar-refractivity contribution is -0.137. The normalized spacial score (nSPS) is 11.3. The zero-order chi connectivity index (χ0) is 19.6. The Morgan fingerprint density at radius 2 is 2.07 bits per heavy atom. The number of hydrogen-bond acceptors (Lipinski definition) is 4. The first kappa shape index (κ1) is 18.2. The Kier molecular flexibility index (Phi) is 4.72. The van der Waals surface area contributed by atoms with E-state index in [4.69, 9.17) is 4.74 Å². The van der Waals surface area contributed by atoms with Gasteiger partial charge in [-0.3, -0.25) is 9.59 Å². The fourth-order valence-electron chi connectivity index (χ4n) is 2.32. The summed E-state index contributed by atoms with van der Waals surface area (Å²) in [6.45, 7) is 0. The van der Waals surface area contributed by atoms with Gasteiger partial charge in [-0.2, -0.15) is 18.3 Å². The highest BCUT2D eigenvalue weighted by molar-refractivity contribution is 6.04. The molecule has 0 spiro atoms. The highest BCUT2D eigenvalue weighted by atomic mass is 19.4. The van der Waals surface area contributed by atoms with Crippen molar-refractivity contribution in [3.05, 3.63) is 70.4 Å². The zero-order valence-corrected chi connectivity index (χ0v) is 13.9. The third-order valence-corrected chi connectivity index (χ3v) is 3.63. The van der Waals surface area contributed by atoms with Crippen molar-refractivity contribution in [2.75, 3.05) is 12.4 Å². The van der Waals surface area contributed by atoms with Crippen molar-refractivity contribution in [1.29, 1.82) is 0 Å².